The second-order valence-electron chi connectivity index (χ2n) is 5.30. The number of aromatic nitrogens is 3. The van der Waals surface area contributed by atoms with Crippen LogP contribution in [0, 0.1) is 0 Å². The molecule has 4 nitrogen and oxygen atoms in total. The van der Waals surface area contributed by atoms with Crippen LogP contribution in [0.25, 0.3) is 0 Å². The van der Waals surface area contributed by atoms with Gasteiger partial charge in [0, 0.05) is 18.9 Å². The molecule has 1 unspecified atom stereocenters. The van der Waals surface area contributed by atoms with E-state index in [4.69, 9.17) is 0 Å². The topological polar surface area (TPSA) is 42.7 Å². The van der Waals surface area contributed by atoms with Gasteiger partial charge in [0.25, 0.3) is 0 Å². The lowest BCUT2D eigenvalue weighted by Gasteiger charge is -2.19. The van der Waals surface area contributed by atoms with Gasteiger partial charge in [0.2, 0.25) is 0 Å². The largest absolute Gasteiger partial charge is 0.308 e. The summed E-state index contributed by atoms with van der Waals surface area (Å²) in [5.41, 5.74) is 3.77. The summed E-state index contributed by atoms with van der Waals surface area (Å²) >= 11 is 0. The maximum Gasteiger partial charge on any atom is 0.0625 e. The van der Waals surface area contributed by atoms with Gasteiger partial charge in [-0.05, 0) is 56.5 Å². The molecule has 0 fully saturated rings. The first-order valence-corrected chi connectivity index (χ1v) is 7.97. The summed E-state index contributed by atoms with van der Waals surface area (Å²) in [7, 11) is 0. The van der Waals surface area contributed by atoms with E-state index in [1.807, 2.05) is 12.4 Å². The third kappa shape index (κ3) is 4.14. The molecule has 0 saturated heterocycles. The van der Waals surface area contributed by atoms with Crippen molar-refractivity contribution in [2.24, 2.45) is 0 Å². The van der Waals surface area contributed by atoms with Crippen molar-refractivity contribution < 1.29 is 0 Å². The first kappa shape index (κ1) is 15.7. The van der Waals surface area contributed by atoms with E-state index in [-0.39, 0.29) is 0 Å². The number of pyridine rings is 1. The first-order valence-electron chi connectivity index (χ1n) is 7.97. The summed E-state index contributed by atoms with van der Waals surface area (Å²) in [6.07, 6.45) is 6.81. The molecule has 0 aliphatic heterocycles. The van der Waals surface area contributed by atoms with E-state index in [0.29, 0.717) is 6.04 Å². The average molecular weight is 286 g/mol. The first-order chi connectivity index (χ1) is 10.3. The minimum absolute atomic E-state index is 0.306. The van der Waals surface area contributed by atoms with Crippen LogP contribution < -0.4 is 5.32 Å². The molecule has 21 heavy (non-hydrogen) atoms. The van der Waals surface area contributed by atoms with Gasteiger partial charge < -0.3 is 5.32 Å². The summed E-state index contributed by atoms with van der Waals surface area (Å²) in [5, 5.41) is 8.35. The molecule has 2 aromatic rings. The van der Waals surface area contributed by atoms with Crippen molar-refractivity contribution in [2.75, 3.05) is 6.54 Å². The predicted molar refractivity (Wildman–Crippen MR) is 86.3 cm³/mol. The van der Waals surface area contributed by atoms with E-state index in [2.05, 4.69) is 59.1 Å². The Hall–Kier alpha value is -1.68. The van der Waals surface area contributed by atoms with E-state index in [1.54, 1.807) is 0 Å². The van der Waals surface area contributed by atoms with Crippen molar-refractivity contribution in [3.63, 3.8) is 0 Å². The van der Waals surface area contributed by atoms with Gasteiger partial charge in [-0.15, -0.1) is 0 Å². The van der Waals surface area contributed by atoms with Crippen LogP contribution in [0.3, 0.4) is 0 Å². The fourth-order valence-corrected chi connectivity index (χ4v) is 2.55. The minimum atomic E-state index is 0.306. The van der Waals surface area contributed by atoms with Gasteiger partial charge in [-0.2, -0.15) is 5.10 Å². The maximum absolute atomic E-state index is 4.68. The van der Waals surface area contributed by atoms with Crippen LogP contribution in [-0.4, -0.2) is 21.3 Å². The molecule has 0 saturated carbocycles. The molecule has 0 aromatic carbocycles. The summed E-state index contributed by atoms with van der Waals surface area (Å²) in [5.74, 6) is 0. The SMILES string of the molecule is CCCNC(Cc1ccncc1)c1cc(CC)nn1CC. The lowest BCUT2D eigenvalue weighted by Crippen LogP contribution is -2.26. The van der Waals surface area contributed by atoms with Crippen LogP contribution >= 0.6 is 0 Å². The Balaban J connectivity index is 2.24. The van der Waals surface area contributed by atoms with Gasteiger partial charge in [-0.1, -0.05) is 13.8 Å². The molecule has 1 atom stereocenters. The third-order valence-electron chi connectivity index (χ3n) is 3.71. The minimum Gasteiger partial charge on any atom is -0.308 e. The number of hydrogen-bond acceptors (Lipinski definition) is 3. The molecule has 4 heteroatoms. The Morgan fingerprint density at radius 2 is 1.95 bits per heavy atom. The molecular weight excluding hydrogens is 260 g/mol. The van der Waals surface area contributed by atoms with Gasteiger partial charge in [0.05, 0.1) is 17.4 Å². The number of aryl methyl sites for hydroxylation is 2. The standard InChI is InChI=1S/C17H26N4/c1-4-9-19-16(12-14-7-10-18-11-8-14)17-13-15(5-2)20-21(17)6-3/h7-8,10-11,13,16,19H,4-6,9,12H2,1-3H3. The Labute approximate surface area is 127 Å². The molecular formula is C17H26N4. The van der Waals surface area contributed by atoms with Gasteiger partial charge in [-0.25, -0.2) is 0 Å². The normalized spacial score (nSPS) is 12.5. The number of hydrogen-bond donors (Lipinski definition) is 1. The smallest absolute Gasteiger partial charge is 0.0625 e. The summed E-state index contributed by atoms with van der Waals surface area (Å²) in [6, 6.07) is 6.74. The van der Waals surface area contributed by atoms with Crippen molar-refractivity contribution >= 4 is 0 Å². The van der Waals surface area contributed by atoms with Gasteiger partial charge in [0.15, 0.2) is 0 Å². The zero-order valence-corrected chi connectivity index (χ0v) is 13.3. The van der Waals surface area contributed by atoms with Gasteiger partial charge in [0.1, 0.15) is 0 Å². The van der Waals surface area contributed by atoms with Gasteiger partial charge in [-0.3, -0.25) is 9.67 Å². The van der Waals surface area contributed by atoms with E-state index in [0.717, 1.165) is 32.4 Å². The Bertz CT molecular complexity index is 533. The predicted octanol–water partition coefficient (Wildman–Crippen LogP) is 3.14. The molecule has 0 aliphatic carbocycles. The molecule has 1 N–H and O–H groups in total. The fraction of sp³-hybridized carbons (Fsp3) is 0.529. The highest BCUT2D eigenvalue weighted by Gasteiger charge is 2.17. The number of nitrogens with zero attached hydrogens (tertiary/aromatic N) is 3. The molecule has 114 valence electrons. The van der Waals surface area contributed by atoms with Crippen LogP contribution in [0.4, 0.5) is 0 Å². The highest BCUT2D eigenvalue weighted by Crippen LogP contribution is 2.20. The van der Waals surface area contributed by atoms with Crippen molar-refractivity contribution in [2.45, 2.75) is 52.6 Å². The molecule has 2 aromatic heterocycles. The van der Waals surface area contributed by atoms with Crippen LogP contribution in [0.1, 0.15) is 50.2 Å². The monoisotopic (exact) mass is 286 g/mol. The zero-order valence-electron chi connectivity index (χ0n) is 13.3. The van der Waals surface area contributed by atoms with E-state index < -0.39 is 0 Å². The maximum atomic E-state index is 4.68. The van der Waals surface area contributed by atoms with Crippen LogP contribution in [-0.2, 0) is 19.4 Å². The molecule has 0 aliphatic rings. The van der Waals surface area contributed by atoms with Crippen LogP contribution in [0.5, 0.6) is 0 Å². The van der Waals surface area contributed by atoms with E-state index in [1.165, 1.54) is 17.0 Å². The van der Waals surface area contributed by atoms with Crippen molar-refractivity contribution in [1.29, 1.82) is 0 Å². The fourth-order valence-electron chi connectivity index (χ4n) is 2.55. The average Bonchev–Trinajstić information content (AvgIpc) is 2.95. The molecule has 0 bridgehead atoms. The molecule has 0 radical (unpaired) electrons. The molecule has 0 amide bonds. The Kier molecular flexibility index (Phi) is 5.93. The van der Waals surface area contributed by atoms with Crippen LogP contribution in [0.2, 0.25) is 0 Å². The third-order valence-corrected chi connectivity index (χ3v) is 3.71. The van der Waals surface area contributed by atoms with Gasteiger partial charge >= 0.3 is 0 Å². The lowest BCUT2D eigenvalue weighted by atomic mass is 10.0. The van der Waals surface area contributed by atoms with Crippen molar-refractivity contribution in [3.05, 3.63) is 47.5 Å². The van der Waals surface area contributed by atoms with Crippen molar-refractivity contribution in [1.82, 2.24) is 20.1 Å². The lowest BCUT2D eigenvalue weighted by molar-refractivity contribution is 0.478. The summed E-state index contributed by atoms with van der Waals surface area (Å²) in [6.45, 7) is 8.44. The van der Waals surface area contributed by atoms with Crippen LogP contribution in [0.15, 0.2) is 30.6 Å². The second-order valence-corrected chi connectivity index (χ2v) is 5.30. The summed E-state index contributed by atoms with van der Waals surface area (Å²) < 4.78 is 2.13. The zero-order chi connectivity index (χ0) is 15.1. The Morgan fingerprint density at radius 3 is 2.57 bits per heavy atom. The van der Waals surface area contributed by atoms with E-state index in [9.17, 15) is 0 Å². The highest BCUT2D eigenvalue weighted by atomic mass is 15.3. The molecule has 2 heterocycles. The highest BCUT2D eigenvalue weighted by molar-refractivity contribution is 5.19. The quantitative estimate of drug-likeness (QED) is 0.810. The molecule has 2 rings (SSSR count). The Morgan fingerprint density at radius 1 is 1.19 bits per heavy atom. The molecule has 0 spiro atoms. The van der Waals surface area contributed by atoms with Crippen molar-refractivity contribution in [3.8, 4) is 0 Å². The number of nitrogens with one attached hydrogen (secondary N) is 1. The number of rotatable bonds is 8. The summed E-state index contributed by atoms with van der Waals surface area (Å²) in [4.78, 5) is 4.10. The van der Waals surface area contributed by atoms with E-state index >= 15 is 0 Å². The second kappa shape index (κ2) is 7.93.